The molecule has 1 N–H and O–H groups in total. The molecule has 2 rings (SSSR count). The predicted octanol–water partition coefficient (Wildman–Crippen LogP) is 3.90. The fraction of sp³-hybridized carbons (Fsp3) is 0.429. The van der Waals surface area contributed by atoms with Crippen molar-refractivity contribution >= 4 is 33.0 Å². The van der Waals surface area contributed by atoms with Crippen molar-refractivity contribution < 1.29 is 0 Å². The van der Waals surface area contributed by atoms with Crippen molar-refractivity contribution in [1.29, 1.82) is 0 Å². The zero-order valence-electron chi connectivity index (χ0n) is 11.8. The van der Waals surface area contributed by atoms with Crippen LogP contribution in [0.15, 0.2) is 33.0 Å². The lowest BCUT2D eigenvalue weighted by Crippen LogP contribution is -2.26. The maximum Gasteiger partial charge on any atom is 0.283 e. The van der Waals surface area contributed by atoms with Crippen molar-refractivity contribution in [2.75, 3.05) is 5.32 Å². The minimum absolute atomic E-state index is 0.0953. The summed E-state index contributed by atoms with van der Waals surface area (Å²) < 4.78 is 2.03. The molecule has 1 atom stereocenters. The SMILES string of the molecule is CC(C)Cn1ncc(NC(C)c2cccs2)c(Br)c1=O. The summed E-state index contributed by atoms with van der Waals surface area (Å²) in [6, 6.07) is 4.24. The van der Waals surface area contributed by atoms with Gasteiger partial charge in [-0.3, -0.25) is 4.79 Å². The van der Waals surface area contributed by atoms with Gasteiger partial charge in [0.15, 0.2) is 0 Å². The molecule has 2 aromatic heterocycles. The van der Waals surface area contributed by atoms with E-state index >= 15 is 0 Å². The molecule has 6 heteroatoms. The van der Waals surface area contributed by atoms with Crippen molar-refractivity contribution in [1.82, 2.24) is 9.78 Å². The Bertz CT molecular complexity index is 622. The fourth-order valence-corrected chi connectivity index (χ4v) is 3.04. The van der Waals surface area contributed by atoms with Crippen molar-refractivity contribution in [3.63, 3.8) is 0 Å². The molecule has 2 heterocycles. The van der Waals surface area contributed by atoms with Gasteiger partial charge in [0.05, 0.1) is 17.9 Å². The van der Waals surface area contributed by atoms with Crippen LogP contribution in [-0.2, 0) is 6.54 Å². The Morgan fingerprint density at radius 2 is 2.20 bits per heavy atom. The minimum atomic E-state index is -0.0953. The van der Waals surface area contributed by atoms with E-state index in [1.165, 1.54) is 9.56 Å². The first-order valence-corrected chi connectivity index (χ1v) is 8.22. The average Bonchev–Trinajstić information content (AvgIpc) is 2.92. The molecular formula is C14H18BrN3OS. The molecule has 20 heavy (non-hydrogen) atoms. The molecule has 0 radical (unpaired) electrons. The lowest BCUT2D eigenvalue weighted by atomic mass is 10.2. The van der Waals surface area contributed by atoms with E-state index in [-0.39, 0.29) is 11.6 Å². The van der Waals surface area contributed by atoms with Gasteiger partial charge >= 0.3 is 0 Å². The number of anilines is 1. The number of thiophene rings is 1. The van der Waals surface area contributed by atoms with Crippen LogP contribution in [0.25, 0.3) is 0 Å². The smallest absolute Gasteiger partial charge is 0.283 e. The second-order valence-corrected chi connectivity index (χ2v) is 6.91. The largest absolute Gasteiger partial charge is 0.375 e. The van der Waals surface area contributed by atoms with Gasteiger partial charge in [-0.1, -0.05) is 19.9 Å². The highest BCUT2D eigenvalue weighted by atomic mass is 79.9. The van der Waals surface area contributed by atoms with Crippen LogP contribution in [0.5, 0.6) is 0 Å². The maximum atomic E-state index is 12.2. The second-order valence-electron chi connectivity index (χ2n) is 5.13. The van der Waals surface area contributed by atoms with Gasteiger partial charge in [0.2, 0.25) is 0 Å². The molecule has 0 fully saturated rings. The standard InChI is InChI=1S/C14H18BrN3OS/c1-9(2)8-18-14(19)13(15)11(7-16-18)17-10(3)12-5-4-6-20-12/h4-7,9-10,17H,8H2,1-3H3. The molecule has 4 nitrogen and oxygen atoms in total. The van der Waals surface area contributed by atoms with E-state index in [1.54, 1.807) is 17.5 Å². The molecule has 1 unspecified atom stereocenters. The van der Waals surface area contributed by atoms with E-state index in [1.807, 2.05) is 11.4 Å². The Kier molecular flexibility index (Phi) is 4.99. The lowest BCUT2D eigenvalue weighted by molar-refractivity contribution is 0.462. The van der Waals surface area contributed by atoms with Crippen molar-refractivity contribution in [3.05, 3.63) is 43.4 Å². The Hall–Kier alpha value is -1.14. The molecule has 0 bridgehead atoms. The predicted molar refractivity (Wildman–Crippen MR) is 87.4 cm³/mol. The summed E-state index contributed by atoms with van der Waals surface area (Å²) in [6.07, 6.45) is 1.71. The van der Waals surface area contributed by atoms with Gasteiger partial charge in [0.1, 0.15) is 4.47 Å². The average molecular weight is 356 g/mol. The quantitative estimate of drug-likeness (QED) is 0.884. The van der Waals surface area contributed by atoms with Gasteiger partial charge in [0, 0.05) is 11.4 Å². The number of nitrogens with zero attached hydrogens (tertiary/aromatic N) is 2. The van der Waals surface area contributed by atoms with Crippen LogP contribution in [0, 0.1) is 5.92 Å². The van der Waals surface area contributed by atoms with Crippen molar-refractivity contribution in [2.45, 2.75) is 33.4 Å². The van der Waals surface area contributed by atoms with Crippen molar-refractivity contribution in [3.8, 4) is 0 Å². The Morgan fingerprint density at radius 3 is 2.80 bits per heavy atom. The molecule has 2 aromatic rings. The van der Waals surface area contributed by atoms with Crippen LogP contribution in [0.4, 0.5) is 5.69 Å². The first-order chi connectivity index (χ1) is 9.49. The van der Waals surface area contributed by atoms with Gasteiger partial charge in [-0.25, -0.2) is 4.68 Å². The van der Waals surface area contributed by atoms with Gasteiger partial charge in [-0.15, -0.1) is 11.3 Å². The third-order valence-electron chi connectivity index (χ3n) is 2.86. The van der Waals surface area contributed by atoms with Gasteiger partial charge < -0.3 is 5.32 Å². The molecule has 0 aliphatic carbocycles. The lowest BCUT2D eigenvalue weighted by Gasteiger charge is -2.16. The fourth-order valence-electron chi connectivity index (χ4n) is 1.88. The van der Waals surface area contributed by atoms with E-state index in [0.717, 1.165) is 5.69 Å². The molecule has 0 aromatic carbocycles. The minimum Gasteiger partial charge on any atom is -0.375 e. The molecule has 0 saturated carbocycles. The number of halogens is 1. The first kappa shape index (κ1) is 15.3. The molecule has 0 amide bonds. The molecule has 0 saturated heterocycles. The molecule has 108 valence electrons. The Balaban J connectivity index is 2.21. The van der Waals surface area contributed by atoms with Crippen LogP contribution in [0.2, 0.25) is 0 Å². The topological polar surface area (TPSA) is 46.9 Å². The summed E-state index contributed by atoms with van der Waals surface area (Å²) in [5.74, 6) is 0.385. The summed E-state index contributed by atoms with van der Waals surface area (Å²) >= 11 is 5.07. The summed E-state index contributed by atoms with van der Waals surface area (Å²) in [5.41, 5.74) is 0.637. The molecule has 0 aliphatic heterocycles. The highest BCUT2D eigenvalue weighted by Gasteiger charge is 2.13. The van der Waals surface area contributed by atoms with Crippen molar-refractivity contribution in [2.24, 2.45) is 5.92 Å². The van der Waals surface area contributed by atoms with Crippen LogP contribution in [-0.4, -0.2) is 9.78 Å². The van der Waals surface area contributed by atoms with E-state index < -0.39 is 0 Å². The summed E-state index contributed by atoms with van der Waals surface area (Å²) in [7, 11) is 0. The number of rotatable bonds is 5. The normalized spacial score (nSPS) is 12.7. The van der Waals surface area contributed by atoms with E-state index in [0.29, 0.717) is 16.9 Å². The van der Waals surface area contributed by atoms with Crippen LogP contribution < -0.4 is 10.9 Å². The summed E-state index contributed by atoms with van der Waals surface area (Å²) in [5, 5.41) is 9.59. The summed E-state index contributed by atoms with van der Waals surface area (Å²) in [6.45, 7) is 6.82. The van der Waals surface area contributed by atoms with Crippen LogP contribution in [0.3, 0.4) is 0 Å². The number of nitrogens with one attached hydrogen (secondary N) is 1. The third-order valence-corrected chi connectivity index (χ3v) is 4.69. The van der Waals surface area contributed by atoms with E-state index in [9.17, 15) is 4.79 Å². The molecule has 0 aliphatic rings. The zero-order valence-corrected chi connectivity index (χ0v) is 14.2. The molecular weight excluding hydrogens is 338 g/mol. The third kappa shape index (κ3) is 3.49. The van der Waals surface area contributed by atoms with E-state index in [2.05, 4.69) is 53.2 Å². The maximum absolute atomic E-state index is 12.2. The highest BCUT2D eigenvalue weighted by Crippen LogP contribution is 2.25. The number of hydrogen-bond donors (Lipinski definition) is 1. The summed E-state index contributed by atoms with van der Waals surface area (Å²) in [4.78, 5) is 13.4. The monoisotopic (exact) mass is 355 g/mol. The first-order valence-electron chi connectivity index (χ1n) is 6.54. The number of aromatic nitrogens is 2. The van der Waals surface area contributed by atoms with Gasteiger partial charge in [0.25, 0.3) is 5.56 Å². The second kappa shape index (κ2) is 6.54. The number of hydrogen-bond acceptors (Lipinski definition) is 4. The van der Waals surface area contributed by atoms with E-state index in [4.69, 9.17) is 0 Å². The van der Waals surface area contributed by atoms with Crippen LogP contribution >= 0.6 is 27.3 Å². The van der Waals surface area contributed by atoms with Crippen LogP contribution in [0.1, 0.15) is 31.7 Å². The zero-order chi connectivity index (χ0) is 14.7. The molecule has 0 spiro atoms. The Morgan fingerprint density at radius 1 is 1.45 bits per heavy atom. The Labute approximate surface area is 131 Å². The van der Waals surface area contributed by atoms with Gasteiger partial charge in [-0.05, 0) is 40.2 Å². The highest BCUT2D eigenvalue weighted by molar-refractivity contribution is 9.10. The van der Waals surface area contributed by atoms with Gasteiger partial charge in [-0.2, -0.15) is 5.10 Å².